The molecule has 174 valence electrons. The molecule has 1 unspecified atom stereocenters. The van der Waals surface area contributed by atoms with E-state index in [0.717, 1.165) is 0 Å². The number of nitrogens with zero attached hydrogens (tertiary/aromatic N) is 3. The Kier molecular flexibility index (Phi) is 6.80. The average Bonchev–Trinajstić information content (AvgIpc) is 3.24. The number of sulfonamides is 1. The van der Waals surface area contributed by atoms with Crippen LogP contribution < -0.4 is 5.32 Å². The number of nitrogens with one attached hydrogen (secondary N) is 1. The molecule has 1 fully saturated rings. The van der Waals surface area contributed by atoms with Gasteiger partial charge in [-0.15, -0.1) is 0 Å². The Morgan fingerprint density at radius 1 is 1.18 bits per heavy atom. The molecular weight excluding hydrogens is 471 g/mol. The number of aryl methyl sites for hydroxylation is 1. The summed E-state index contributed by atoms with van der Waals surface area (Å²) in [5.41, 5.74) is 0.738. The Morgan fingerprint density at radius 3 is 2.52 bits per heavy atom. The molecule has 33 heavy (non-hydrogen) atoms. The fourth-order valence-corrected chi connectivity index (χ4v) is 5.50. The van der Waals surface area contributed by atoms with Crippen molar-refractivity contribution in [3.05, 3.63) is 82.6 Å². The first-order valence-electron chi connectivity index (χ1n) is 10.2. The molecule has 2 aromatic carbocycles. The van der Waals surface area contributed by atoms with Gasteiger partial charge in [0.1, 0.15) is 22.6 Å². The molecule has 1 atom stereocenters. The minimum atomic E-state index is -3.90. The van der Waals surface area contributed by atoms with Gasteiger partial charge in [-0.25, -0.2) is 17.8 Å². The number of hydrogen-bond donors (Lipinski definition) is 1. The lowest BCUT2D eigenvalue weighted by Gasteiger charge is -2.26. The van der Waals surface area contributed by atoms with Crippen molar-refractivity contribution in [3.63, 3.8) is 0 Å². The molecule has 3 aromatic rings. The second kappa shape index (κ2) is 9.60. The number of hydrogen-bond acceptors (Lipinski definition) is 5. The molecule has 2 heterocycles. The molecule has 0 spiro atoms. The molecule has 1 aromatic heterocycles. The number of amides is 1. The maximum Gasteiger partial charge on any atom is 0.252 e. The van der Waals surface area contributed by atoms with Crippen LogP contribution in [0.2, 0.25) is 5.02 Å². The smallest absolute Gasteiger partial charge is 0.252 e. The minimum Gasteiger partial charge on any atom is -0.379 e. The molecule has 8 nitrogen and oxygen atoms in total. The fraction of sp³-hybridized carbons (Fsp3) is 0.273. The molecule has 1 saturated heterocycles. The fourth-order valence-electron chi connectivity index (χ4n) is 3.59. The number of carbonyl (C=O) groups is 1. The Labute approximate surface area is 196 Å². The van der Waals surface area contributed by atoms with E-state index in [1.165, 1.54) is 34.6 Å². The van der Waals surface area contributed by atoms with Gasteiger partial charge < -0.3 is 14.6 Å². The van der Waals surface area contributed by atoms with Gasteiger partial charge in [0.25, 0.3) is 5.91 Å². The highest BCUT2D eigenvalue weighted by Crippen LogP contribution is 2.27. The molecule has 0 radical (unpaired) electrons. The highest BCUT2D eigenvalue weighted by atomic mass is 35.5. The van der Waals surface area contributed by atoms with E-state index < -0.39 is 27.8 Å². The SMILES string of the molecule is Cn1ccnc1C(NC(=O)c1ccc(Cl)c(S(=O)(=O)N2CCOCC2)c1)c1ccc(F)cc1. The highest BCUT2D eigenvalue weighted by molar-refractivity contribution is 7.89. The average molecular weight is 493 g/mol. The van der Waals surface area contributed by atoms with Gasteiger partial charge in [-0.2, -0.15) is 4.31 Å². The van der Waals surface area contributed by atoms with E-state index in [2.05, 4.69) is 10.3 Å². The van der Waals surface area contributed by atoms with Crippen LogP contribution in [-0.2, 0) is 21.8 Å². The lowest BCUT2D eigenvalue weighted by Crippen LogP contribution is -2.40. The van der Waals surface area contributed by atoms with E-state index in [4.69, 9.17) is 16.3 Å². The van der Waals surface area contributed by atoms with Crippen molar-refractivity contribution in [1.29, 1.82) is 0 Å². The van der Waals surface area contributed by atoms with Gasteiger partial charge >= 0.3 is 0 Å². The van der Waals surface area contributed by atoms with Crippen LogP contribution in [0.5, 0.6) is 0 Å². The van der Waals surface area contributed by atoms with Crippen LogP contribution in [0, 0.1) is 5.82 Å². The zero-order chi connectivity index (χ0) is 23.6. The van der Waals surface area contributed by atoms with E-state index in [9.17, 15) is 17.6 Å². The number of benzene rings is 2. The van der Waals surface area contributed by atoms with Gasteiger partial charge in [-0.05, 0) is 35.9 Å². The largest absolute Gasteiger partial charge is 0.379 e. The third kappa shape index (κ3) is 4.93. The number of aromatic nitrogens is 2. The van der Waals surface area contributed by atoms with E-state index in [1.54, 1.807) is 36.1 Å². The third-order valence-corrected chi connectivity index (χ3v) is 7.76. The number of morpholine rings is 1. The Morgan fingerprint density at radius 2 is 1.88 bits per heavy atom. The van der Waals surface area contributed by atoms with Crippen molar-refractivity contribution >= 4 is 27.5 Å². The van der Waals surface area contributed by atoms with Crippen LogP contribution in [0.3, 0.4) is 0 Å². The molecule has 11 heteroatoms. The number of halogens is 2. The standard InChI is InChI=1S/C22H22ClFN4O4S/c1-27-9-8-25-21(27)20(15-2-5-17(24)6-3-15)26-22(29)16-4-7-18(23)19(14-16)33(30,31)28-10-12-32-13-11-28/h2-9,14,20H,10-13H2,1H3,(H,26,29). The van der Waals surface area contributed by atoms with E-state index in [1.807, 2.05) is 0 Å². The summed E-state index contributed by atoms with van der Waals surface area (Å²) in [5.74, 6) is -0.396. The zero-order valence-corrected chi connectivity index (χ0v) is 19.3. The van der Waals surface area contributed by atoms with Gasteiger partial charge in [-0.3, -0.25) is 4.79 Å². The predicted octanol–water partition coefficient (Wildman–Crippen LogP) is 2.75. The summed E-state index contributed by atoms with van der Waals surface area (Å²) in [6.45, 7) is 1.00. The predicted molar refractivity (Wildman–Crippen MR) is 120 cm³/mol. The Balaban J connectivity index is 1.66. The van der Waals surface area contributed by atoms with Crippen molar-refractivity contribution in [2.45, 2.75) is 10.9 Å². The van der Waals surface area contributed by atoms with Crippen molar-refractivity contribution in [2.75, 3.05) is 26.3 Å². The van der Waals surface area contributed by atoms with Gasteiger partial charge in [0.15, 0.2) is 0 Å². The van der Waals surface area contributed by atoms with Gasteiger partial charge in [0.2, 0.25) is 10.0 Å². The first kappa shape index (κ1) is 23.4. The maximum atomic E-state index is 13.5. The van der Waals surface area contributed by atoms with E-state index in [-0.39, 0.29) is 28.6 Å². The summed E-state index contributed by atoms with van der Waals surface area (Å²) in [7, 11) is -2.12. The summed E-state index contributed by atoms with van der Waals surface area (Å²) in [4.78, 5) is 17.3. The Bertz CT molecular complexity index is 1260. The van der Waals surface area contributed by atoms with Crippen LogP contribution in [0.1, 0.15) is 27.8 Å². The first-order valence-corrected chi connectivity index (χ1v) is 12.0. The van der Waals surface area contributed by atoms with Crippen molar-refractivity contribution in [3.8, 4) is 0 Å². The number of ether oxygens (including phenoxy) is 1. The van der Waals surface area contributed by atoms with Crippen LogP contribution in [0.25, 0.3) is 0 Å². The van der Waals surface area contributed by atoms with Crippen molar-refractivity contribution in [1.82, 2.24) is 19.2 Å². The summed E-state index contributed by atoms with van der Waals surface area (Å²) in [6.07, 6.45) is 3.32. The molecule has 1 aliphatic heterocycles. The summed E-state index contributed by atoms with van der Waals surface area (Å²) in [5, 5.41) is 2.90. The maximum absolute atomic E-state index is 13.5. The summed E-state index contributed by atoms with van der Waals surface area (Å²) < 4.78 is 47.9. The van der Waals surface area contributed by atoms with Crippen LogP contribution in [0.15, 0.2) is 59.8 Å². The molecule has 1 aliphatic rings. The molecular formula is C22H22ClFN4O4S. The van der Waals surface area contributed by atoms with Crippen LogP contribution >= 0.6 is 11.6 Å². The van der Waals surface area contributed by atoms with Crippen LogP contribution in [0.4, 0.5) is 4.39 Å². The minimum absolute atomic E-state index is 0.0252. The topological polar surface area (TPSA) is 93.5 Å². The first-order chi connectivity index (χ1) is 15.8. The number of carbonyl (C=O) groups excluding carboxylic acids is 1. The third-order valence-electron chi connectivity index (χ3n) is 5.38. The monoisotopic (exact) mass is 492 g/mol. The van der Waals surface area contributed by atoms with Gasteiger partial charge in [-0.1, -0.05) is 23.7 Å². The van der Waals surface area contributed by atoms with Crippen molar-refractivity contribution < 1.29 is 22.3 Å². The Hall–Kier alpha value is -2.79. The second-order valence-electron chi connectivity index (χ2n) is 7.52. The lowest BCUT2D eigenvalue weighted by atomic mass is 10.1. The quantitative estimate of drug-likeness (QED) is 0.571. The molecule has 0 bridgehead atoms. The lowest BCUT2D eigenvalue weighted by molar-refractivity contribution is 0.0730. The molecule has 1 N–H and O–H groups in total. The van der Waals surface area contributed by atoms with Gasteiger partial charge in [0.05, 0.1) is 18.2 Å². The number of imidazole rings is 1. The van der Waals surface area contributed by atoms with Crippen molar-refractivity contribution in [2.24, 2.45) is 7.05 Å². The summed E-state index contributed by atoms with van der Waals surface area (Å²) >= 11 is 6.21. The van der Waals surface area contributed by atoms with Gasteiger partial charge in [0, 0.05) is 38.1 Å². The highest BCUT2D eigenvalue weighted by Gasteiger charge is 2.30. The zero-order valence-electron chi connectivity index (χ0n) is 17.7. The second-order valence-corrected chi connectivity index (χ2v) is 9.83. The van der Waals surface area contributed by atoms with E-state index >= 15 is 0 Å². The number of rotatable bonds is 6. The van der Waals surface area contributed by atoms with E-state index in [0.29, 0.717) is 24.6 Å². The normalized spacial score (nSPS) is 15.8. The molecule has 4 rings (SSSR count). The van der Waals surface area contributed by atoms with Crippen LogP contribution in [-0.4, -0.2) is 54.5 Å². The molecule has 1 amide bonds. The molecule has 0 aliphatic carbocycles. The summed E-state index contributed by atoms with van der Waals surface area (Å²) in [6, 6.07) is 9.14. The molecule has 0 saturated carbocycles.